The van der Waals surface area contributed by atoms with Gasteiger partial charge in [0, 0.05) is 25.7 Å². The maximum Gasteiger partial charge on any atom is 0.159 e. The molecule has 1 aromatic carbocycles. The second-order valence-electron chi connectivity index (χ2n) is 4.50. The lowest BCUT2D eigenvalue weighted by Gasteiger charge is -2.20. The van der Waals surface area contributed by atoms with E-state index in [0.717, 1.165) is 24.7 Å². The van der Waals surface area contributed by atoms with Gasteiger partial charge in [-0.05, 0) is 38.6 Å². The minimum absolute atomic E-state index is 0.514. The molecule has 0 fully saturated rings. The van der Waals surface area contributed by atoms with E-state index in [4.69, 9.17) is 0 Å². The smallest absolute Gasteiger partial charge is 0.159 e. The van der Waals surface area contributed by atoms with Gasteiger partial charge in [-0.15, -0.1) is 0 Å². The fourth-order valence-electron chi connectivity index (χ4n) is 1.40. The van der Waals surface area contributed by atoms with Crippen LogP contribution in [0, 0.1) is 11.6 Å². The van der Waals surface area contributed by atoms with Crippen LogP contribution in [0.1, 0.15) is 19.4 Å². The minimum Gasteiger partial charge on any atom is -0.311 e. The molecule has 0 saturated carbocycles. The Balaban J connectivity index is 2.29. The number of likely N-dealkylation sites (N-methyl/N-ethyl adjacent to an activating group) is 1. The quantitative estimate of drug-likeness (QED) is 0.771. The van der Waals surface area contributed by atoms with Crippen LogP contribution in [0.2, 0.25) is 0 Å². The molecule has 0 aromatic heterocycles. The van der Waals surface area contributed by atoms with Crippen LogP contribution in [0.25, 0.3) is 0 Å². The summed E-state index contributed by atoms with van der Waals surface area (Å²) in [5, 5.41) is 3.20. The lowest BCUT2D eigenvalue weighted by atomic mass is 10.2. The van der Waals surface area contributed by atoms with Crippen molar-refractivity contribution in [2.24, 2.45) is 0 Å². The predicted molar refractivity (Wildman–Crippen MR) is 65.8 cm³/mol. The summed E-state index contributed by atoms with van der Waals surface area (Å²) < 4.78 is 25.6. The number of nitrogens with zero attached hydrogens (tertiary/aromatic N) is 1. The third-order valence-corrected chi connectivity index (χ3v) is 2.84. The van der Waals surface area contributed by atoms with E-state index in [1.54, 1.807) is 6.07 Å². The molecule has 0 spiro atoms. The van der Waals surface area contributed by atoms with Gasteiger partial charge in [-0.2, -0.15) is 0 Å². The second kappa shape index (κ2) is 6.67. The van der Waals surface area contributed by atoms with Gasteiger partial charge in [0.15, 0.2) is 11.6 Å². The highest BCUT2D eigenvalue weighted by molar-refractivity contribution is 5.17. The van der Waals surface area contributed by atoms with E-state index in [0.29, 0.717) is 12.6 Å². The molecule has 1 N–H and O–H groups in total. The first kappa shape index (κ1) is 14.1. The molecule has 0 bridgehead atoms. The number of nitrogens with one attached hydrogen (secondary N) is 1. The van der Waals surface area contributed by atoms with Crippen molar-refractivity contribution < 1.29 is 8.78 Å². The number of halogens is 2. The van der Waals surface area contributed by atoms with E-state index in [1.807, 2.05) is 0 Å². The van der Waals surface area contributed by atoms with Crippen LogP contribution >= 0.6 is 0 Å². The van der Waals surface area contributed by atoms with E-state index >= 15 is 0 Å². The van der Waals surface area contributed by atoms with Gasteiger partial charge in [-0.1, -0.05) is 6.07 Å². The van der Waals surface area contributed by atoms with Crippen molar-refractivity contribution in [3.05, 3.63) is 35.4 Å². The standard InChI is InChI=1S/C13H20F2N2/c1-10(2)17(3)7-6-16-9-11-4-5-12(14)13(15)8-11/h4-5,8,10,16H,6-7,9H2,1-3H3. The highest BCUT2D eigenvalue weighted by atomic mass is 19.2. The maximum atomic E-state index is 12.9. The summed E-state index contributed by atoms with van der Waals surface area (Å²) in [6.45, 7) is 6.59. The van der Waals surface area contributed by atoms with Crippen molar-refractivity contribution in [3.63, 3.8) is 0 Å². The zero-order chi connectivity index (χ0) is 12.8. The topological polar surface area (TPSA) is 15.3 Å². The van der Waals surface area contributed by atoms with Crippen LogP contribution in [0.15, 0.2) is 18.2 Å². The molecule has 0 aliphatic heterocycles. The fraction of sp³-hybridized carbons (Fsp3) is 0.538. The van der Waals surface area contributed by atoms with Crippen LogP contribution in [-0.2, 0) is 6.54 Å². The molecule has 0 heterocycles. The molecule has 0 aliphatic carbocycles. The van der Waals surface area contributed by atoms with Gasteiger partial charge in [0.25, 0.3) is 0 Å². The zero-order valence-corrected chi connectivity index (χ0v) is 10.6. The van der Waals surface area contributed by atoms with Crippen molar-refractivity contribution in [1.29, 1.82) is 0 Å². The van der Waals surface area contributed by atoms with E-state index < -0.39 is 11.6 Å². The molecule has 2 nitrogen and oxygen atoms in total. The number of hydrogen-bond donors (Lipinski definition) is 1. The number of rotatable bonds is 6. The molecule has 17 heavy (non-hydrogen) atoms. The first-order chi connectivity index (χ1) is 8.00. The maximum absolute atomic E-state index is 12.9. The normalized spacial score (nSPS) is 11.5. The second-order valence-corrected chi connectivity index (χ2v) is 4.50. The Kier molecular flexibility index (Phi) is 5.51. The first-order valence-electron chi connectivity index (χ1n) is 5.85. The molecule has 0 atom stereocenters. The van der Waals surface area contributed by atoms with Crippen molar-refractivity contribution in [1.82, 2.24) is 10.2 Å². The summed E-state index contributed by atoms with van der Waals surface area (Å²) in [4.78, 5) is 2.22. The van der Waals surface area contributed by atoms with Gasteiger partial charge in [0.2, 0.25) is 0 Å². The van der Waals surface area contributed by atoms with Crippen molar-refractivity contribution >= 4 is 0 Å². The third kappa shape index (κ3) is 4.79. The number of benzene rings is 1. The predicted octanol–water partition coefficient (Wildman–Crippen LogP) is 2.39. The summed E-state index contributed by atoms with van der Waals surface area (Å²) in [6.07, 6.45) is 0. The van der Waals surface area contributed by atoms with Crippen LogP contribution < -0.4 is 5.32 Å². The van der Waals surface area contributed by atoms with Crippen molar-refractivity contribution in [2.45, 2.75) is 26.4 Å². The number of hydrogen-bond acceptors (Lipinski definition) is 2. The van der Waals surface area contributed by atoms with E-state index in [-0.39, 0.29) is 0 Å². The molecule has 0 radical (unpaired) electrons. The average molecular weight is 242 g/mol. The van der Waals surface area contributed by atoms with Crippen LogP contribution in [-0.4, -0.2) is 31.1 Å². The van der Waals surface area contributed by atoms with E-state index in [2.05, 4.69) is 31.1 Å². The Morgan fingerprint density at radius 1 is 1.24 bits per heavy atom. The van der Waals surface area contributed by atoms with Crippen molar-refractivity contribution in [3.8, 4) is 0 Å². The third-order valence-electron chi connectivity index (χ3n) is 2.84. The Bertz CT molecular complexity index is 353. The largest absolute Gasteiger partial charge is 0.311 e. The summed E-state index contributed by atoms with van der Waals surface area (Å²) >= 11 is 0. The fourth-order valence-corrected chi connectivity index (χ4v) is 1.40. The summed E-state index contributed by atoms with van der Waals surface area (Å²) in [6, 6.07) is 4.50. The molecule has 0 aliphatic rings. The monoisotopic (exact) mass is 242 g/mol. The molecule has 1 aromatic rings. The van der Waals surface area contributed by atoms with Gasteiger partial charge in [0.05, 0.1) is 0 Å². The van der Waals surface area contributed by atoms with Gasteiger partial charge >= 0.3 is 0 Å². The molecular weight excluding hydrogens is 222 g/mol. The van der Waals surface area contributed by atoms with Gasteiger partial charge < -0.3 is 10.2 Å². The molecule has 4 heteroatoms. The lowest BCUT2D eigenvalue weighted by Crippen LogP contribution is -2.33. The van der Waals surface area contributed by atoms with Crippen LogP contribution in [0.4, 0.5) is 8.78 Å². The summed E-state index contributed by atoms with van der Waals surface area (Å²) in [5.41, 5.74) is 0.760. The molecule has 0 amide bonds. The summed E-state index contributed by atoms with van der Waals surface area (Å²) in [7, 11) is 2.06. The van der Waals surface area contributed by atoms with Crippen LogP contribution in [0.5, 0.6) is 0 Å². The first-order valence-corrected chi connectivity index (χ1v) is 5.85. The van der Waals surface area contributed by atoms with Gasteiger partial charge in [-0.3, -0.25) is 0 Å². The Morgan fingerprint density at radius 3 is 2.53 bits per heavy atom. The molecule has 96 valence electrons. The summed E-state index contributed by atoms with van der Waals surface area (Å²) in [5.74, 6) is -1.59. The lowest BCUT2D eigenvalue weighted by molar-refractivity contribution is 0.273. The van der Waals surface area contributed by atoms with Gasteiger partial charge in [-0.25, -0.2) is 8.78 Å². The van der Waals surface area contributed by atoms with Crippen molar-refractivity contribution in [2.75, 3.05) is 20.1 Å². The highest BCUT2D eigenvalue weighted by Gasteiger charge is 2.03. The van der Waals surface area contributed by atoms with E-state index in [1.165, 1.54) is 6.07 Å². The Hall–Kier alpha value is -1.00. The average Bonchev–Trinajstić information content (AvgIpc) is 2.28. The Morgan fingerprint density at radius 2 is 1.94 bits per heavy atom. The van der Waals surface area contributed by atoms with Crippen LogP contribution in [0.3, 0.4) is 0 Å². The zero-order valence-electron chi connectivity index (χ0n) is 10.6. The minimum atomic E-state index is -0.798. The molecular formula is C13H20F2N2. The molecule has 1 rings (SSSR count). The molecule has 0 saturated heterocycles. The highest BCUT2D eigenvalue weighted by Crippen LogP contribution is 2.08. The molecule has 0 unspecified atom stereocenters. The van der Waals surface area contributed by atoms with E-state index in [9.17, 15) is 8.78 Å². The Labute approximate surface area is 102 Å². The SMILES string of the molecule is CC(C)N(C)CCNCc1ccc(F)c(F)c1. The van der Waals surface area contributed by atoms with Gasteiger partial charge in [0.1, 0.15) is 0 Å².